The molecule has 1 aromatic carbocycles. The second-order valence-electron chi connectivity index (χ2n) is 9.10. The smallest absolute Gasteiger partial charge is 0.230 e. The number of nitrogens with one attached hydrogen (secondary N) is 1. The maximum Gasteiger partial charge on any atom is 0.230 e. The Bertz CT molecular complexity index is 681. The zero-order chi connectivity index (χ0) is 17.8. The summed E-state index contributed by atoms with van der Waals surface area (Å²) in [6, 6.07) is 10.1. The predicted octanol–water partition coefficient (Wildman–Crippen LogP) is 2.76. The average molecular weight is 340 g/mol. The van der Waals surface area contributed by atoms with Gasteiger partial charge in [0.1, 0.15) is 0 Å². The van der Waals surface area contributed by atoms with Crippen molar-refractivity contribution in [2.24, 2.45) is 28.9 Å². The number of carbonyl (C=O) groups excluding carboxylic acids is 2. The van der Waals surface area contributed by atoms with Gasteiger partial charge in [0, 0.05) is 11.5 Å². The lowest BCUT2D eigenvalue weighted by Gasteiger charge is -2.59. The van der Waals surface area contributed by atoms with Crippen LogP contribution in [-0.4, -0.2) is 17.9 Å². The molecule has 4 bridgehead atoms. The fraction of sp³-hybridized carbons (Fsp3) is 0.619. The second kappa shape index (κ2) is 5.58. The van der Waals surface area contributed by atoms with Crippen molar-refractivity contribution in [2.45, 2.75) is 57.4 Å². The first kappa shape index (κ1) is 16.6. The van der Waals surface area contributed by atoms with Crippen LogP contribution in [0.5, 0.6) is 0 Å². The largest absolute Gasteiger partial charge is 0.369 e. The Labute approximate surface area is 149 Å². The summed E-state index contributed by atoms with van der Waals surface area (Å²) < 4.78 is 0. The Kier molecular flexibility index (Phi) is 3.71. The lowest BCUT2D eigenvalue weighted by molar-refractivity contribution is -0.148. The maximum atomic E-state index is 13.1. The third kappa shape index (κ3) is 2.57. The average Bonchev–Trinajstić information content (AvgIpc) is 2.58. The third-order valence-electron chi connectivity index (χ3n) is 7.16. The number of rotatable bonds is 4. The number of hydrogen-bond donors (Lipinski definition) is 2. The fourth-order valence-electron chi connectivity index (χ4n) is 5.88. The Hall–Kier alpha value is -1.84. The maximum absolute atomic E-state index is 13.1. The zero-order valence-corrected chi connectivity index (χ0v) is 15.1. The van der Waals surface area contributed by atoms with Crippen LogP contribution in [0.15, 0.2) is 30.3 Å². The Morgan fingerprint density at radius 1 is 1.08 bits per heavy atom. The van der Waals surface area contributed by atoms with Crippen LogP contribution in [-0.2, 0) is 15.0 Å². The van der Waals surface area contributed by atoms with Gasteiger partial charge >= 0.3 is 0 Å². The van der Waals surface area contributed by atoms with Gasteiger partial charge in [-0.05, 0) is 69.3 Å². The van der Waals surface area contributed by atoms with Gasteiger partial charge in [0.25, 0.3) is 0 Å². The predicted molar refractivity (Wildman–Crippen MR) is 96.6 cm³/mol. The van der Waals surface area contributed by atoms with Gasteiger partial charge in [0.2, 0.25) is 11.8 Å². The van der Waals surface area contributed by atoms with Crippen LogP contribution in [0.2, 0.25) is 0 Å². The van der Waals surface area contributed by atoms with Crippen molar-refractivity contribution in [3.05, 3.63) is 35.9 Å². The molecule has 2 unspecified atom stereocenters. The van der Waals surface area contributed by atoms with E-state index >= 15 is 0 Å². The normalized spacial score (nSPS) is 36.2. The molecule has 0 radical (unpaired) electrons. The summed E-state index contributed by atoms with van der Waals surface area (Å²) in [5.74, 6) is 1.37. The summed E-state index contributed by atoms with van der Waals surface area (Å²) in [5, 5.41) is 3.37. The van der Waals surface area contributed by atoms with Crippen LogP contribution in [0, 0.1) is 23.2 Å². The molecule has 3 N–H and O–H groups in total. The minimum absolute atomic E-state index is 0.0873. The summed E-state index contributed by atoms with van der Waals surface area (Å²) in [4.78, 5) is 25.1. The van der Waals surface area contributed by atoms with E-state index in [1.807, 2.05) is 44.2 Å². The molecule has 0 spiro atoms. The molecule has 134 valence electrons. The number of amides is 2. The first-order valence-electron chi connectivity index (χ1n) is 9.48. The molecule has 0 heterocycles. The molecule has 2 amide bonds. The first-order chi connectivity index (χ1) is 11.8. The highest BCUT2D eigenvalue weighted by Crippen LogP contribution is 2.60. The molecule has 2 atom stereocenters. The van der Waals surface area contributed by atoms with Crippen molar-refractivity contribution >= 4 is 11.8 Å². The minimum Gasteiger partial charge on any atom is -0.369 e. The van der Waals surface area contributed by atoms with Crippen LogP contribution < -0.4 is 11.1 Å². The van der Waals surface area contributed by atoms with E-state index in [0.29, 0.717) is 17.8 Å². The van der Waals surface area contributed by atoms with E-state index in [0.717, 1.165) is 37.7 Å². The lowest BCUT2D eigenvalue weighted by atomic mass is 9.47. The molecule has 4 fully saturated rings. The molecule has 25 heavy (non-hydrogen) atoms. The summed E-state index contributed by atoms with van der Waals surface area (Å²) in [6.07, 6.45) is 4.92. The van der Waals surface area contributed by atoms with E-state index in [-0.39, 0.29) is 23.3 Å². The Morgan fingerprint density at radius 2 is 1.68 bits per heavy atom. The lowest BCUT2D eigenvalue weighted by Crippen LogP contribution is -2.63. The summed E-state index contributed by atoms with van der Waals surface area (Å²) >= 11 is 0. The molecule has 4 aliphatic rings. The van der Waals surface area contributed by atoms with Crippen molar-refractivity contribution in [1.82, 2.24) is 5.32 Å². The highest BCUT2D eigenvalue weighted by Gasteiger charge is 2.58. The van der Waals surface area contributed by atoms with E-state index in [4.69, 9.17) is 5.73 Å². The molecule has 0 aromatic heterocycles. The molecule has 4 nitrogen and oxygen atoms in total. The van der Waals surface area contributed by atoms with Gasteiger partial charge in [0.05, 0.1) is 5.41 Å². The van der Waals surface area contributed by atoms with Gasteiger partial charge in [-0.2, -0.15) is 0 Å². The summed E-state index contributed by atoms with van der Waals surface area (Å²) in [6.45, 7) is 3.97. The van der Waals surface area contributed by atoms with E-state index in [1.165, 1.54) is 0 Å². The van der Waals surface area contributed by atoms with Crippen molar-refractivity contribution in [1.29, 1.82) is 0 Å². The van der Waals surface area contributed by atoms with E-state index < -0.39 is 5.41 Å². The third-order valence-corrected chi connectivity index (χ3v) is 7.16. The number of carbonyl (C=O) groups is 2. The highest BCUT2D eigenvalue weighted by molar-refractivity contribution is 5.87. The van der Waals surface area contributed by atoms with Gasteiger partial charge < -0.3 is 11.1 Å². The number of nitrogens with two attached hydrogens (primary N) is 1. The highest BCUT2D eigenvalue weighted by atomic mass is 16.2. The summed E-state index contributed by atoms with van der Waals surface area (Å²) in [5.41, 5.74) is 5.93. The molecule has 0 saturated heterocycles. The zero-order valence-electron chi connectivity index (χ0n) is 15.1. The van der Waals surface area contributed by atoms with Gasteiger partial charge in [0.15, 0.2) is 0 Å². The Balaban J connectivity index is 1.53. The molecular weight excluding hydrogens is 312 g/mol. The van der Waals surface area contributed by atoms with Crippen molar-refractivity contribution in [3.8, 4) is 0 Å². The molecular formula is C21H28N2O2. The SMILES string of the molecule is CC(C)(C(=O)NC1C2CC3CC1CC(C(N)=O)(C3)C2)c1ccccc1. The number of benzene rings is 1. The van der Waals surface area contributed by atoms with Gasteiger partial charge in [-0.15, -0.1) is 0 Å². The number of hydrogen-bond acceptors (Lipinski definition) is 2. The fourth-order valence-corrected chi connectivity index (χ4v) is 5.88. The van der Waals surface area contributed by atoms with Gasteiger partial charge in [-0.25, -0.2) is 0 Å². The van der Waals surface area contributed by atoms with E-state index in [9.17, 15) is 9.59 Å². The van der Waals surface area contributed by atoms with E-state index in [1.54, 1.807) is 0 Å². The van der Waals surface area contributed by atoms with Crippen LogP contribution >= 0.6 is 0 Å². The number of primary amides is 1. The minimum atomic E-state index is -0.558. The standard InChI is InChI=1S/C21H28N2O2/c1-20(2,16-6-4-3-5-7-16)19(25)23-17-14-8-13-9-15(17)12-21(10-13,11-14)18(22)24/h3-7,13-15,17H,8-12H2,1-2H3,(H2,22,24)(H,23,25). The molecule has 5 rings (SSSR count). The molecule has 4 aliphatic carbocycles. The van der Waals surface area contributed by atoms with Gasteiger partial charge in [-0.3, -0.25) is 9.59 Å². The van der Waals surface area contributed by atoms with Crippen LogP contribution in [0.3, 0.4) is 0 Å². The molecule has 1 aromatic rings. The van der Waals surface area contributed by atoms with Crippen LogP contribution in [0.25, 0.3) is 0 Å². The monoisotopic (exact) mass is 340 g/mol. The first-order valence-corrected chi connectivity index (χ1v) is 9.48. The van der Waals surface area contributed by atoms with Crippen molar-refractivity contribution < 1.29 is 9.59 Å². The second-order valence-corrected chi connectivity index (χ2v) is 9.10. The van der Waals surface area contributed by atoms with Crippen LogP contribution in [0.1, 0.15) is 51.5 Å². The molecule has 0 aliphatic heterocycles. The van der Waals surface area contributed by atoms with Crippen molar-refractivity contribution in [3.63, 3.8) is 0 Å². The van der Waals surface area contributed by atoms with E-state index in [2.05, 4.69) is 5.32 Å². The topological polar surface area (TPSA) is 72.2 Å². The van der Waals surface area contributed by atoms with Crippen molar-refractivity contribution in [2.75, 3.05) is 0 Å². The summed E-state index contributed by atoms with van der Waals surface area (Å²) in [7, 11) is 0. The van der Waals surface area contributed by atoms with Crippen LogP contribution in [0.4, 0.5) is 0 Å². The molecule has 4 heteroatoms. The Morgan fingerprint density at radius 3 is 2.24 bits per heavy atom. The molecule has 4 saturated carbocycles. The van der Waals surface area contributed by atoms with Gasteiger partial charge in [-0.1, -0.05) is 30.3 Å². The quantitative estimate of drug-likeness (QED) is 0.884.